The van der Waals surface area contributed by atoms with E-state index in [1.54, 1.807) is 0 Å². The van der Waals surface area contributed by atoms with Crippen LogP contribution in [0.3, 0.4) is 0 Å². The summed E-state index contributed by atoms with van der Waals surface area (Å²) in [5.41, 5.74) is 0. The van der Waals surface area contributed by atoms with Gasteiger partial charge >= 0.3 is 38.0 Å². The van der Waals surface area contributed by atoms with Crippen LogP contribution in [0.4, 0.5) is 8.02 Å². The minimum atomic E-state index is -9.40. The molecule has 0 rings (SSSR count). The molecule has 38 valence electrons. The van der Waals surface area contributed by atoms with Crippen LogP contribution in [0.5, 0.6) is 0 Å². The first-order valence-electron chi connectivity index (χ1n) is 1.09. The van der Waals surface area contributed by atoms with Crippen molar-refractivity contribution in [1.82, 2.24) is 0 Å². The zero-order valence-electron chi connectivity index (χ0n) is 2.47. The normalized spacial score (nSPS) is 15.0. The molecule has 0 aromatic heterocycles. The van der Waals surface area contributed by atoms with Gasteiger partial charge in [-0.15, -0.1) is 0 Å². The molecule has 6 heteroatoms. The first kappa shape index (κ1) is 6.84. The maximum atomic E-state index is 9.93. The fourth-order valence-corrected chi connectivity index (χ4v) is 0. The standard InChI is InChI=1S/5FH.La/h5*1H;/q;;;;;+5/p-5. The molecule has 0 saturated carbocycles. The molecule has 0 spiro atoms. The second-order valence-corrected chi connectivity index (χ2v) is 6.00. The Morgan fingerprint density at radius 3 is 0.667 bits per heavy atom. The Bertz CT molecular complexity index is 37.1. The number of rotatable bonds is 0. The first-order chi connectivity index (χ1) is 2.24. The Hall–Kier alpha value is 0.845. The molecular formula is F5La. The van der Waals surface area contributed by atoms with Crippen LogP contribution in [0.25, 0.3) is 0 Å². The molecule has 0 aromatic carbocycles. The van der Waals surface area contributed by atoms with Gasteiger partial charge in [0.15, 0.2) is 0 Å². The number of hydrogen-bond donors (Lipinski definition) is 0. The monoisotopic (exact) mass is 234 g/mol. The molecule has 0 atom stereocenters. The summed E-state index contributed by atoms with van der Waals surface area (Å²) in [4.78, 5) is 0. The minimum absolute atomic E-state index is 9.40. The summed E-state index contributed by atoms with van der Waals surface area (Å²) in [6, 6.07) is 0. The SMILES string of the molecule is [F][La]([F])([F])([F])[F]. The van der Waals surface area contributed by atoms with E-state index in [2.05, 4.69) is 0 Å². The molecule has 0 bridgehead atoms. The Balaban J connectivity index is 3.73. The van der Waals surface area contributed by atoms with E-state index in [1.807, 2.05) is 0 Å². The van der Waals surface area contributed by atoms with Crippen molar-refractivity contribution in [3.8, 4) is 0 Å². The van der Waals surface area contributed by atoms with Gasteiger partial charge < -0.3 is 0 Å². The van der Waals surface area contributed by atoms with E-state index < -0.39 is 30.0 Å². The average Bonchev–Trinajstić information content (AvgIpc) is 0.650. The van der Waals surface area contributed by atoms with Crippen LogP contribution < -0.4 is 0 Å². The molecule has 0 N–H and O–H groups in total. The summed E-state index contributed by atoms with van der Waals surface area (Å²) in [7, 11) is 0. The van der Waals surface area contributed by atoms with Gasteiger partial charge in [-0.2, -0.15) is 0 Å². The van der Waals surface area contributed by atoms with Crippen molar-refractivity contribution in [2.45, 2.75) is 0 Å². The van der Waals surface area contributed by atoms with Gasteiger partial charge in [-0.05, 0) is 0 Å². The van der Waals surface area contributed by atoms with Crippen molar-refractivity contribution in [2.24, 2.45) is 0 Å². The molecule has 0 radical (unpaired) electrons. The fraction of sp³-hybridized carbons (Fsp3) is 0. The first-order valence-corrected chi connectivity index (χ1v) is 7.94. The zero-order valence-corrected chi connectivity index (χ0v) is 6.09. The number of halogens is 5. The Morgan fingerprint density at radius 1 is 0.667 bits per heavy atom. The van der Waals surface area contributed by atoms with Crippen molar-refractivity contribution >= 4 is 0 Å². The van der Waals surface area contributed by atoms with Gasteiger partial charge in [-0.3, -0.25) is 0 Å². The molecule has 6 heavy (non-hydrogen) atoms. The zero-order chi connectivity index (χ0) is 5.45. The van der Waals surface area contributed by atoms with Crippen molar-refractivity contribution in [1.29, 1.82) is 0 Å². The van der Waals surface area contributed by atoms with Gasteiger partial charge in [0.05, 0.1) is 0 Å². The molecule has 0 aliphatic heterocycles. The van der Waals surface area contributed by atoms with Gasteiger partial charge in [0, 0.05) is 0 Å². The van der Waals surface area contributed by atoms with E-state index in [-0.39, 0.29) is 0 Å². The Kier molecular flexibility index (Phi) is 1.33. The molecule has 0 saturated heterocycles. The third-order valence-electron chi connectivity index (χ3n) is 0. The van der Waals surface area contributed by atoms with E-state index in [9.17, 15) is 8.02 Å². The van der Waals surface area contributed by atoms with Crippen molar-refractivity contribution < 1.29 is 38.0 Å². The van der Waals surface area contributed by atoms with Gasteiger partial charge in [-0.25, -0.2) is 0 Å². The molecular weight excluding hydrogens is 234 g/mol. The average molecular weight is 234 g/mol. The van der Waals surface area contributed by atoms with Crippen LogP contribution in [0.1, 0.15) is 0 Å². The van der Waals surface area contributed by atoms with Crippen LogP contribution in [0.15, 0.2) is 0 Å². The molecule has 0 aliphatic rings. The molecule has 0 fully saturated rings. The molecule has 0 amide bonds. The number of hydrogen-bond acceptors (Lipinski definition) is 0. The topological polar surface area (TPSA) is 0 Å². The summed E-state index contributed by atoms with van der Waals surface area (Å²) in [6.07, 6.45) is 0. The van der Waals surface area contributed by atoms with E-state index in [0.29, 0.717) is 0 Å². The maximum absolute atomic E-state index is 9.93. The van der Waals surface area contributed by atoms with Gasteiger partial charge in [-0.1, -0.05) is 0 Å². The van der Waals surface area contributed by atoms with Crippen molar-refractivity contribution in [3.63, 3.8) is 0 Å². The third kappa shape index (κ3) is 100. The van der Waals surface area contributed by atoms with Crippen LogP contribution >= 0.6 is 0 Å². The summed E-state index contributed by atoms with van der Waals surface area (Å²) in [5.74, 6) is 0. The van der Waals surface area contributed by atoms with E-state index >= 15 is 0 Å². The molecule has 0 nitrogen and oxygen atoms in total. The van der Waals surface area contributed by atoms with Gasteiger partial charge in [0.25, 0.3) is 0 Å². The molecule has 0 unspecified atom stereocenters. The summed E-state index contributed by atoms with van der Waals surface area (Å²) in [5, 5.41) is 0. The molecule has 0 aromatic rings. The quantitative estimate of drug-likeness (QED) is 0.563. The van der Waals surface area contributed by atoms with Crippen LogP contribution in [-0.4, -0.2) is 0 Å². The van der Waals surface area contributed by atoms with E-state index in [1.165, 1.54) is 0 Å². The predicted molar refractivity (Wildman–Crippen MR) is 5.54 cm³/mol. The summed E-state index contributed by atoms with van der Waals surface area (Å²) < 4.78 is 49.7. The van der Waals surface area contributed by atoms with Crippen LogP contribution in [0.2, 0.25) is 0 Å². The van der Waals surface area contributed by atoms with Crippen molar-refractivity contribution in [2.75, 3.05) is 0 Å². The van der Waals surface area contributed by atoms with Crippen molar-refractivity contribution in [3.05, 3.63) is 0 Å². The fourth-order valence-electron chi connectivity index (χ4n) is 0. The predicted octanol–water partition coefficient (Wildman–Crippen LogP) is 2.10. The second-order valence-electron chi connectivity index (χ2n) is 0.825. The Morgan fingerprint density at radius 2 is 0.667 bits per heavy atom. The molecule has 0 heterocycles. The Labute approximate surface area is 38.0 Å². The second kappa shape index (κ2) is 1.17. The molecule has 0 aliphatic carbocycles. The summed E-state index contributed by atoms with van der Waals surface area (Å²) in [6.45, 7) is 0. The van der Waals surface area contributed by atoms with Crippen LogP contribution in [0, 0.1) is 30.0 Å². The van der Waals surface area contributed by atoms with E-state index in [0.717, 1.165) is 0 Å². The van der Waals surface area contributed by atoms with Gasteiger partial charge in [0.2, 0.25) is 0 Å². The van der Waals surface area contributed by atoms with Gasteiger partial charge in [0.1, 0.15) is 0 Å². The third-order valence-corrected chi connectivity index (χ3v) is 0. The van der Waals surface area contributed by atoms with E-state index in [4.69, 9.17) is 0 Å². The summed E-state index contributed by atoms with van der Waals surface area (Å²) >= 11 is -9.40. The van der Waals surface area contributed by atoms with Crippen LogP contribution in [-0.2, 0) is 0 Å².